The Balaban J connectivity index is 5.23. The van der Waals surface area contributed by atoms with Crippen LogP contribution >= 0.6 is 7.82 Å². The molecule has 0 aromatic heterocycles. The van der Waals surface area contributed by atoms with Gasteiger partial charge in [0.25, 0.3) is 7.82 Å². The van der Waals surface area contributed by atoms with Crippen molar-refractivity contribution in [2.45, 2.75) is 328 Å². The Labute approximate surface area is 466 Å². The van der Waals surface area contributed by atoms with Gasteiger partial charge in [0, 0.05) is 12.8 Å². The minimum Gasteiger partial charge on any atom is -0.756 e. The zero-order chi connectivity index (χ0) is 55.0. The second kappa shape index (κ2) is 55.5. The van der Waals surface area contributed by atoms with Crippen molar-refractivity contribution in [3.8, 4) is 0 Å². The molecule has 3 atom stereocenters. The lowest BCUT2D eigenvalue weighted by molar-refractivity contribution is -0.870. The summed E-state index contributed by atoms with van der Waals surface area (Å²) in [7, 11) is 1.19. The molecule has 0 heterocycles. The summed E-state index contributed by atoms with van der Waals surface area (Å²) >= 11 is 0. The highest BCUT2D eigenvalue weighted by Crippen LogP contribution is 2.38. The number of hydrogen-bond donors (Lipinski definition) is 1. The zero-order valence-electron chi connectivity index (χ0n) is 50.5. The lowest BCUT2D eigenvalue weighted by atomic mass is 10.0. The van der Waals surface area contributed by atoms with Crippen molar-refractivity contribution in [1.82, 2.24) is 5.32 Å². The van der Waals surface area contributed by atoms with E-state index in [1.165, 1.54) is 205 Å². The standard InChI is InChI=1S/C65H125N2O7P/c1-7-10-13-16-19-22-25-28-30-32-33-35-36-39-42-45-48-51-54-57-64(68)66-62(61-73-75(70,71)72-60-59-67(4,5)6)63(56-53-50-47-44-41-38-27-24-21-18-15-12-9-3)74-65(69)58-55-52-49-46-43-40-37-34-31-29-26-23-20-17-14-11-8-2/h20,23,29,31,53,56,62-63H,7-19,21-22,24-28,30,32-52,54-55,57-61H2,1-6H3,(H-,66,68,70,71)/b23-20-,31-29-,56-53+. The molecular formula is C65H125N2O7P. The molecule has 0 aliphatic rings. The average Bonchev–Trinajstić information content (AvgIpc) is 3.37. The molecule has 0 saturated carbocycles. The van der Waals surface area contributed by atoms with Crippen molar-refractivity contribution >= 4 is 19.7 Å². The van der Waals surface area contributed by atoms with Gasteiger partial charge in [-0.2, -0.15) is 0 Å². The second-order valence-electron chi connectivity index (χ2n) is 23.3. The topological polar surface area (TPSA) is 114 Å². The number of likely N-dealkylation sites (N-methyl/N-ethyl adjacent to an activating group) is 1. The van der Waals surface area contributed by atoms with Crippen LogP contribution in [0.15, 0.2) is 36.5 Å². The summed E-state index contributed by atoms with van der Waals surface area (Å²) in [6, 6.07) is -0.888. The van der Waals surface area contributed by atoms with E-state index in [1.807, 2.05) is 33.3 Å². The molecule has 0 spiro atoms. The molecule has 0 aromatic carbocycles. The highest BCUT2D eigenvalue weighted by molar-refractivity contribution is 7.45. The van der Waals surface area contributed by atoms with Crippen molar-refractivity contribution in [3.63, 3.8) is 0 Å². The van der Waals surface area contributed by atoms with E-state index < -0.39 is 20.0 Å². The predicted octanol–water partition coefficient (Wildman–Crippen LogP) is 19.3. The summed E-state index contributed by atoms with van der Waals surface area (Å²) in [5.41, 5.74) is 0. The van der Waals surface area contributed by atoms with E-state index in [1.54, 1.807) is 0 Å². The maximum atomic E-state index is 13.6. The molecule has 9 nitrogen and oxygen atoms in total. The van der Waals surface area contributed by atoms with Crippen LogP contribution in [0.3, 0.4) is 0 Å². The number of amides is 1. The second-order valence-corrected chi connectivity index (χ2v) is 24.7. The van der Waals surface area contributed by atoms with Gasteiger partial charge >= 0.3 is 5.97 Å². The Morgan fingerprint density at radius 1 is 0.467 bits per heavy atom. The Morgan fingerprint density at radius 3 is 1.23 bits per heavy atom. The minimum absolute atomic E-state index is 0.0211. The van der Waals surface area contributed by atoms with E-state index in [4.69, 9.17) is 13.8 Å². The van der Waals surface area contributed by atoms with Gasteiger partial charge in [0.2, 0.25) is 5.91 Å². The van der Waals surface area contributed by atoms with Crippen LogP contribution in [0, 0.1) is 0 Å². The van der Waals surface area contributed by atoms with Crippen LogP contribution in [0.5, 0.6) is 0 Å². The normalized spacial score (nSPS) is 13.9. The maximum Gasteiger partial charge on any atom is 0.306 e. The summed E-state index contributed by atoms with van der Waals surface area (Å²) in [4.78, 5) is 40.0. The fraction of sp³-hybridized carbons (Fsp3) is 0.877. The van der Waals surface area contributed by atoms with Crippen LogP contribution in [0.1, 0.15) is 316 Å². The first kappa shape index (κ1) is 73.2. The predicted molar refractivity (Wildman–Crippen MR) is 321 cm³/mol. The summed E-state index contributed by atoms with van der Waals surface area (Å²) in [6.07, 6.45) is 66.7. The molecule has 1 N–H and O–H groups in total. The van der Waals surface area contributed by atoms with Gasteiger partial charge in [-0.25, -0.2) is 0 Å². The molecule has 442 valence electrons. The first-order valence-electron chi connectivity index (χ1n) is 32.3. The Bertz CT molecular complexity index is 1380. The van der Waals surface area contributed by atoms with E-state index in [9.17, 15) is 19.0 Å². The molecule has 10 heteroatoms. The van der Waals surface area contributed by atoms with Crippen molar-refractivity contribution in [2.24, 2.45) is 0 Å². The largest absolute Gasteiger partial charge is 0.756 e. The van der Waals surface area contributed by atoms with Crippen molar-refractivity contribution in [3.05, 3.63) is 36.5 Å². The zero-order valence-corrected chi connectivity index (χ0v) is 51.4. The number of unbranched alkanes of at least 4 members (excludes halogenated alkanes) is 39. The Morgan fingerprint density at radius 2 is 0.813 bits per heavy atom. The van der Waals surface area contributed by atoms with Gasteiger partial charge in [-0.05, 0) is 63.9 Å². The number of allylic oxidation sites excluding steroid dienone is 5. The lowest BCUT2D eigenvalue weighted by Gasteiger charge is -2.30. The summed E-state index contributed by atoms with van der Waals surface area (Å²) in [5, 5.41) is 3.04. The third-order valence-corrected chi connectivity index (χ3v) is 15.5. The van der Waals surface area contributed by atoms with Gasteiger partial charge in [0.1, 0.15) is 19.3 Å². The molecule has 0 aliphatic heterocycles. The average molecular weight is 1080 g/mol. The first-order chi connectivity index (χ1) is 36.4. The number of carbonyl (C=O) groups is 2. The van der Waals surface area contributed by atoms with Crippen LogP contribution in [-0.2, 0) is 27.9 Å². The Hall–Kier alpha value is -1.77. The van der Waals surface area contributed by atoms with Crippen LogP contribution < -0.4 is 10.2 Å². The number of carbonyl (C=O) groups excluding carboxylic acids is 2. The van der Waals surface area contributed by atoms with Crippen LogP contribution in [0.4, 0.5) is 0 Å². The third-order valence-electron chi connectivity index (χ3n) is 14.6. The molecule has 3 unspecified atom stereocenters. The molecule has 0 fully saturated rings. The fourth-order valence-electron chi connectivity index (χ4n) is 9.55. The molecule has 1 amide bonds. The van der Waals surface area contributed by atoms with Gasteiger partial charge in [0.15, 0.2) is 0 Å². The lowest BCUT2D eigenvalue weighted by Crippen LogP contribution is -2.47. The van der Waals surface area contributed by atoms with Crippen LogP contribution in [0.25, 0.3) is 0 Å². The van der Waals surface area contributed by atoms with Gasteiger partial charge in [-0.3, -0.25) is 14.2 Å². The van der Waals surface area contributed by atoms with E-state index in [0.29, 0.717) is 17.4 Å². The number of esters is 1. The molecule has 0 aliphatic carbocycles. The molecule has 0 saturated heterocycles. The number of phosphoric ester groups is 1. The summed E-state index contributed by atoms with van der Waals surface area (Å²) < 4.78 is 30.4. The maximum absolute atomic E-state index is 13.6. The van der Waals surface area contributed by atoms with Gasteiger partial charge in [-0.15, -0.1) is 0 Å². The van der Waals surface area contributed by atoms with Gasteiger partial charge in [-0.1, -0.05) is 276 Å². The molecule has 75 heavy (non-hydrogen) atoms. The molecular weight excluding hydrogens is 952 g/mol. The fourth-order valence-corrected chi connectivity index (χ4v) is 10.3. The number of nitrogens with zero attached hydrogens (tertiary/aromatic N) is 1. The molecule has 0 bridgehead atoms. The van der Waals surface area contributed by atoms with Crippen molar-refractivity contribution < 1.29 is 37.3 Å². The minimum atomic E-state index is -4.70. The Kier molecular flexibility index (Phi) is 54.2. The van der Waals surface area contributed by atoms with Crippen molar-refractivity contribution in [2.75, 3.05) is 40.9 Å². The summed E-state index contributed by atoms with van der Waals surface area (Å²) in [6.45, 7) is 6.86. The van der Waals surface area contributed by atoms with Gasteiger partial charge in [0.05, 0.1) is 33.8 Å². The van der Waals surface area contributed by atoms with E-state index in [2.05, 4.69) is 50.4 Å². The third kappa shape index (κ3) is 56.8. The number of quaternary nitrogens is 1. The number of phosphoric acid groups is 1. The van der Waals surface area contributed by atoms with Crippen LogP contribution in [0.2, 0.25) is 0 Å². The highest BCUT2D eigenvalue weighted by atomic mass is 31.2. The highest BCUT2D eigenvalue weighted by Gasteiger charge is 2.27. The molecule has 0 rings (SSSR count). The van der Waals surface area contributed by atoms with E-state index >= 15 is 0 Å². The number of hydrogen-bond acceptors (Lipinski definition) is 7. The first-order valence-corrected chi connectivity index (χ1v) is 33.8. The van der Waals surface area contributed by atoms with Crippen LogP contribution in [-0.4, -0.2) is 69.4 Å². The quantitative estimate of drug-likeness (QED) is 0.0212. The van der Waals surface area contributed by atoms with Crippen molar-refractivity contribution in [1.29, 1.82) is 0 Å². The smallest absolute Gasteiger partial charge is 0.306 e. The molecule has 0 aromatic rings. The number of ether oxygens (including phenoxy) is 1. The van der Waals surface area contributed by atoms with Gasteiger partial charge < -0.3 is 28.5 Å². The van der Waals surface area contributed by atoms with E-state index in [-0.39, 0.29) is 31.5 Å². The monoisotopic (exact) mass is 1080 g/mol. The van der Waals surface area contributed by atoms with E-state index in [0.717, 1.165) is 77.0 Å². The number of nitrogens with one attached hydrogen (secondary N) is 1. The molecule has 0 radical (unpaired) electrons. The SMILES string of the molecule is CCCCC/C=C\C/C=C\CCCCCCCCCC(=O)OC(/C=C/CCCCCCCCCCCCC)C(COP(=O)([O-])OCC[N+](C)(C)C)NC(=O)CCCCCCCCCCCCCCCCCCCCC. The number of rotatable bonds is 59. The summed E-state index contributed by atoms with van der Waals surface area (Å²) in [5.74, 6) is -0.534.